The lowest BCUT2D eigenvalue weighted by atomic mass is 10.0. The van der Waals surface area contributed by atoms with E-state index in [9.17, 15) is 22.4 Å². The number of likely N-dealkylation sites (N-methyl/N-ethyl adjacent to an activating group) is 1. The van der Waals surface area contributed by atoms with E-state index in [1.54, 1.807) is 32.2 Å². The van der Waals surface area contributed by atoms with Crippen molar-refractivity contribution in [2.75, 3.05) is 12.4 Å². The molecule has 1 aromatic heterocycles. The smallest absolute Gasteiger partial charge is 0.384 e. The fourth-order valence-corrected chi connectivity index (χ4v) is 3.08. The van der Waals surface area contributed by atoms with Crippen molar-refractivity contribution >= 4 is 28.7 Å². The van der Waals surface area contributed by atoms with Gasteiger partial charge >= 0.3 is 6.18 Å². The summed E-state index contributed by atoms with van der Waals surface area (Å²) in [6.07, 6.45) is -2.46. The Kier molecular flexibility index (Phi) is 6.05. The van der Waals surface area contributed by atoms with Crippen LogP contribution in [0.15, 0.2) is 54.2 Å². The van der Waals surface area contributed by atoms with E-state index in [1.165, 1.54) is 18.2 Å². The first kappa shape index (κ1) is 21.9. The van der Waals surface area contributed by atoms with Gasteiger partial charge in [0.15, 0.2) is 0 Å². The fraction of sp³-hybridized carbons (Fsp3) is 0.136. The van der Waals surface area contributed by atoms with E-state index < -0.39 is 23.5 Å². The Morgan fingerprint density at radius 2 is 1.87 bits per heavy atom. The van der Waals surface area contributed by atoms with Crippen LogP contribution in [0.3, 0.4) is 0 Å². The second-order valence-corrected chi connectivity index (χ2v) is 6.70. The molecule has 0 saturated carbocycles. The number of halogens is 4. The van der Waals surface area contributed by atoms with Crippen LogP contribution in [-0.4, -0.2) is 24.2 Å². The van der Waals surface area contributed by atoms with Crippen LogP contribution in [0.2, 0.25) is 0 Å². The molecule has 1 amide bonds. The summed E-state index contributed by atoms with van der Waals surface area (Å²) in [5, 5.41) is 12.5. The number of carbonyl (C=O) groups is 1. The van der Waals surface area contributed by atoms with Crippen LogP contribution in [0.5, 0.6) is 0 Å². The molecular formula is C22H18F4N4O. The minimum absolute atomic E-state index is 0.0502. The molecule has 0 aliphatic rings. The van der Waals surface area contributed by atoms with Gasteiger partial charge in [0.05, 0.1) is 16.8 Å². The number of hydrogen-bond acceptors (Lipinski definition) is 4. The summed E-state index contributed by atoms with van der Waals surface area (Å²) in [5.74, 6) is -1.43. The molecule has 9 heteroatoms. The molecule has 0 spiro atoms. The van der Waals surface area contributed by atoms with Crippen molar-refractivity contribution in [2.45, 2.75) is 13.1 Å². The molecule has 0 unspecified atom stereocenters. The van der Waals surface area contributed by atoms with Crippen molar-refractivity contribution in [1.82, 2.24) is 10.3 Å². The Hall–Kier alpha value is -3.75. The van der Waals surface area contributed by atoms with Crippen LogP contribution >= 0.6 is 0 Å². The zero-order chi connectivity index (χ0) is 22.8. The summed E-state index contributed by atoms with van der Waals surface area (Å²) in [4.78, 5) is 16.4. The third-order valence-corrected chi connectivity index (χ3v) is 4.60. The quantitative estimate of drug-likeness (QED) is 0.301. The lowest BCUT2D eigenvalue weighted by Gasteiger charge is -2.13. The average molecular weight is 430 g/mol. The van der Waals surface area contributed by atoms with Crippen LogP contribution in [-0.2, 0) is 11.0 Å². The van der Waals surface area contributed by atoms with Gasteiger partial charge in [0.2, 0.25) is 0 Å². The first-order valence-corrected chi connectivity index (χ1v) is 9.12. The van der Waals surface area contributed by atoms with Crippen molar-refractivity contribution in [1.29, 1.82) is 5.41 Å². The lowest BCUT2D eigenvalue weighted by Crippen LogP contribution is -2.23. The summed E-state index contributed by atoms with van der Waals surface area (Å²) in [7, 11) is 1.55. The molecule has 0 radical (unpaired) electrons. The van der Waals surface area contributed by atoms with Crippen molar-refractivity contribution in [3.63, 3.8) is 0 Å². The highest BCUT2D eigenvalue weighted by atomic mass is 19.4. The van der Waals surface area contributed by atoms with Crippen molar-refractivity contribution in [3.8, 4) is 11.3 Å². The van der Waals surface area contributed by atoms with Crippen LogP contribution in [0.1, 0.15) is 11.1 Å². The number of benzene rings is 2. The summed E-state index contributed by atoms with van der Waals surface area (Å²) < 4.78 is 53.6. The lowest BCUT2D eigenvalue weighted by molar-refractivity contribution is -0.136. The van der Waals surface area contributed by atoms with E-state index in [0.717, 1.165) is 12.3 Å². The Morgan fingerprint density at radius 3 is 2.48 bits per heavy atom. The molecule has 0 aliphatic heterocycles. The molecule has 1 heterocycles. The SMILES string of the molecule is CN/C(=C\C=N)C(=O)Nc1ccc(-c2ccc3cc(F)cc(C(F)(F)F)c3n2)cc1C. The molecule has 31 heavy (non-hydrogen) atoms. The number of allylic oxidation sites excluding steroid dienone is 1. The number of nitrogens with one attached hydrogen (secondary N) is 3. The molecule has 0 bridgehead atoms. The van der Waals surface area contributed by atoms with Gasteiger partial charge < -0.3 is 16.0 Å². The van der Waals surface area contributed by atoms with Crippen LogP contribution in [0.4, 0.5) is 23.2 Å². The number of amides is 1. The van der Waals surface area contributed by atoms with Gasteiger partial charge in [-0.2, -0.15) is 13.2 Å². The van der Waals surface area contributed by atoms with Gasteiger partial charge in [-0.15, -0.1) is 0 Å². The minimum Gasteiger partial charge on any atom is -0.384 e. The van der Waals surface area contributed by atoms with E-state index in [-0.39, 0.29) is 22.3 Å². The largest absolute Gasteiger partial charge is 0.418 e. The van der Waals surface area contributed by atoms with Gasteiger partial charge in [-0.05, 0) is 48.9 Å². The number of anilines is 1. The molecule has 3 aromatic rings. The maximum absolute atomic E-state index is 13.6. The molecule has 0 saturated heterocycles. The number of rotatable bonds is 5. The van der Waals surface area contributed by atoms with Crippen LogP contribution in [0.25, 0.3) is 22.2 Å². The highest BCUT2D eigenvalue weighted by Gasteiger charge is 2.34. The van der Waals surface area contributed by atoms with Crippen molar-refractivity contribution in [3.05, 3.63) is 71.2 Å². The molecule has 0 atom stereocenters. The Morgan fingerprint density at radius 1 is 1.13 bits per heavy atom. The average Bonchev–Trinajstić information content (AvgIpc) is 2.71. The molecular weight excluding hydrogens is 412 g/mol. The number of alkyl halides is 3. The number of aryl methyl sites for hydroxylation is 1. The number of pyridine rings is 1. The van der Waals surface area contributed by atoms with Crippen LogP contribution in [0, 0.1) is 18.2 Å². The predicted molar refractivity (Wildman–Crippen MR) is 111 cm³/mol. The van der Waals surface area contributed by atoms with Crippen molar-refractivity contribution < 1.29 is 22.4 Å². The summed E-state index contributed by atoms with van der Waals surface area (Å²) in [6.45, 7) is 1.73. The monoisotopic (exact) mass is 430 g/mol. The maximum atomic E-state index is 13.6. The molecule has 0 fully saturated rings. The number of aromatic nitrogens is 1. The first-order chi connectivity index (χ1) is 14.6. The van der Waals surface area contributed by atoms with Gasteiger partial charge in [-0.25, -0.2) is 9.37 Å². The third-order valence-electron chi connectivity index (χ3n) is 4.60. The highest BCUT2D eigenvalue weighted by molar-refractivity contribution is 6.05. The zero-order valence-corrected chi connectivity index (χ0v) is 16.6. The number of fused-ring (bicyclic) bond motifs is 1. The predicted octanol–water partition coefficient (Wildman–Crippen LogP) is 5.06. The second-order valence-electron chi connectivity index (χ2n) is 6.70. The normalized spacial score (nSPS) is 12.0. The summed E-state index contributed by atoms with van der Waals surface area (Å²) in [6, 6.07) is 9.26. The molecule has 3 rings (SSSR count). The van der Waals surface area contributed by atoms with E-state index in [2.05, 4.69) is 15.6 Å². The first-order valence-electron chi connectivity index (χ1n) is 9.12. The second kappa shape index (κ2) is 8.55. The maximum Gasteiger partial charge on any atom is 0.418 e. The standard InChI is InChI=1S/C22H18F4N4O/c1-12-9-13(3-5-17(12)30-21(31)19(28-2)7-8-27)18-6-4-14-10-15(23)11-16(20(14)29-18)22(24,25)26/h3-11,27-28H,1-2H3,(H,30,31)/b19-7-,27-8?. The number of carbonyl (C=O) groups excluding carboxylic acids is 1. The Balaban J connectivity index is 1.99. The van der Waals surface area contributed by atoms with Gasteiger partial charge in [-0.3, -0.25) is 4.79 Å². The van der Waals surface area contributed by atoms with Gasteiger partial charge in [0.1, 0.15) is 11.5 Å². The third kappa shape index (κ3) is 4.71. The van der Waals surface area contributed by atoms with E-state index in [4.69, 9.17) is 5.41 Å². The zero-order valence-electron chi connectivity index (χ0n) is 16.6. The molecule has 160 valence electrons. The summed E-state index contributed by atoms with van der Waals surface area (Å²) >= 11 is 0. The summed E-state index contributed by atoms with van der Waals surface area (Å²) in [5.41, 5.74) is 0.705. The van der Waals surface area contributed by atoms with E-state index >= 15 is 0 Å². The van der Waals surface area contributed by atoms with E-state index in [0.29, 0.717) is 22.9 Å². The highest BCUT2D eigenvalue weighted by Crippen LogP contribution is 2.36. The van der Waals surface area contributed by atoms with Crippen molar-refractivity contribution in [2.24, 2.45) is 0 Å². The Labute approximate surface area is 175 Å². The molecule has 3 N–H and O–H groups in total. The Bertz CT molecular complexity index is 1200. The molecule has 0 aliphatic carbocycles. The van der Waals surface area contributed by atoms with Gasteiger partial charge in [0, 0.05) is 29.9 Å². The van der Waals surface area contributed by atoms with Gasteiger partial charge in [-0.1, -0.05) is 12.1 Å². The van der Waals surface area contributed by atoms with Gasteiger partial charge in [0.25, 0.3) is 5.91 Å². The molecule has 5 nitrogen and oxygen atoms in total. The minimum atomic E-state index is -4.74. The topological polar surface area (TPSA) is 77.9 Å². The molecule has 2 aromatic carbocycles. The number of nitrogens with zero attached hydrogens (tertiary/aromatic N) is 1. The fourth-order valence-electron chi connectivity index (χ4n) is 3.08. The van der Waals surface area contributed by atoms with E-state index in [1.807, 2.05) is 0 Å². The van der Waals surface area contributed by atoms with Crippen LogP contribution < -0.4 is 10.6 Å². The number of hydrogen-bond donors (Lipinski definition) is 3.